The van der Waals surface area contributed by atoms with Gasteiger partial charge in [0.25, 0.3) is 11.5 Å². The van der Waals surface area contributed by atoms with Gasteiger partial charge < -0.3 is 16.4 Å². The molecule has 7 heteroatoms. The summed E-state index contributed by atoms with van der Waals surface area (Å²) in [6.45, 7) is 2.88. The number of amides is 1. The van der Waals surface area contributed by atoms with Gasteiger partial charge in [-0.15, -0.1) is 0 Å². The Kier molecular flexibility index (Phi) is 5.63. The van der Waals surface area contributed by atoms with Gasteiger partial charge in [-0.25, -0.2) is 4.98 Å². The summed E-state index contributed by atoms with van der Waals surface area (Å²) in [7, 11) is 0. The fourth-order valence-corrected chi connectivity index (χ4v) is 3.21. The number of aromatic nitrogens is 2. The van der Waals surface area contributed by atoms with E-state index in [0.717, 1.165) is 29.5 Å². The van der Waals surface area contributed by atoms with E-state index in [1.165, 1.54) is 4.57 Å². The second-order valence-corrected chi connectivity index (χ2v) is 7.57. The fourth-order valence-electron chi connectivity index (χ4n) is 3.21. The highest BCUT2D eigenvalue weighted by Gasteiger charge is 2.24. The Morgan fingerprint density at radius 1 is 1.17 bits per heavy atom. The molecule has 1 amide bonds. The van der Waals surface area contributed by atoms with Gasteiger partial charge in [-0.2, -0.15) is 0 Å². The van der Waals surface area contributed by atoms with Crippen LogP contribution in [0.1, 0.15) is 39.9 Å². The molecule has 0 unspecified atom stereocenters. The van der Waals surface area contributed by atoms with E-state index in [0.29, 0.717) is 24.3 Å². The third-order valence-electron chi connectivity index (χ3n) is 5.20. The molecular weight excluding hydrogens is 378 g/mol. The van der Waals surface area contributed by atoms with Crippen LogP contribution in [0.2, 0.25) is 0 Å². The van der Waals surface area contributed by atoms with E-state index >= 15 is 0 Å². The number of rotatable bonds is 7. The summed E-state index contributed by atoms with van der Waals surface area (Å²) in [5, 5.41) is 6.10. The van der Waals surface area contributed by atoms with Gasteiger partial charge in [-0.3, -0.25) is 14.2 Å². The lowest BCUT2D eigenvalue weighted by Crippen LogP contribution is -2.26. The van der Waals surface area contributed by atoms with E-state index < -0.39 is 0 Å². The van der Waals surface area contributed by atoms with Crippen LogP contribution in [0, 0.1) is 6.92 Å². The lowest BCUT2D eigenvalue weighted by molar-refractivity contribution is 0.0951. The number of carbonyl (C=O) groups is 1. The first-order valence-electron chi connectivity index (χ1n) is 10.1. The Balaban J connectivity index is 1.57. The molecule has 0 radical (unpaired) electrons. The smallest absolute Gasteiger partial charge is 0.297 e. The molecule has 4 rings (SSSR count). The average Bonchev–Trinajstić information content (AvgIpc) is 3.58. The summed E-state index contributed by atoms with van der Waals surface area (Å²) < 4.78 is 1.52. The molecule has 0 bridgehead atoms. The molecule has 2 aromatic carbocycles. The van der Waals surface area contributed by atoms with Crippen molar-refractivity contribution in [1.82, 2.24) is 14.9 Å². The SMILES string of the molecule is Cc1ccc(C(=O)NC2CC2)cc1-n1ccnc(NCc2ccc(CN)cc2)c1=O. The second-order valence-electron chi connectivity index (χ2n) is 7.57. The Bertz CT molecular complexity index is 1120. The summed E-state index contributed by atoms with van der Waals surface area (Å²) in [6.07, 6.45) is 5.25. The first-order chi connectivity index (χ1) is 14.5. The highest BCUT2D eigenvalue weighted by molar-refractivity contribution is 5.95. The molecule has 1 aliphatic carbocycles. The molecule has 1 aromatic heterocycles. The largest absolute Gasteiger partial charge is 0.361 e. The summed E-state index contributed by atoms with van der Waals surface area (Å²) in [4.78, 5) is 29.7. The third-order valence-corrected chi connectivity index (χ3v) is 5.20. The van der Waals surface area contributed by atoms with Gasteiger partial charge in [0.1, 0.15) is 0 Å². The number of hydrogen-bond donors (Lipinski definition) is 3. The van der Waals surface area contributed by atoms with E-state index in [9.17, 15) is 9.59 Å². The van der Waals surface area contributed by atoms with Crippen molar-refractivity contribution in [2.24, 2.45) is 5.73 Å². The van der Waals surface area contributed by atoms with E-state index in [-0.39, 0.29) is 23.3 Å². The number of nitrogens with two attached hydrogens (primary N) is 1. The van der Waals surface area contributed by atoms with Crippen LogP contribution in [0.15, 0.2) is 59.7 Å². The molecule has 1 saturated carbocycles. The molecule has 154 valence electrons. The number of hydrogen-bond acceptors (Lipinski definition) is 5. The van der Waals surface area contributed by atoms with E-state index in [4.69, 9.17) is 5.73 Å². The zero-order valence-electron chi connectivity index (χ0n) is 16.9. The summed E-state index contributed by atoms with van der Waals surface area (Å²) in [5.74, 6) is 0.146. The minimum Gasteiger partial charge on any atom is -0.361 e. The summed E-state index contributed by atoms with van der Waals surface area (Å²) in [5.41, 5.74) is 9.56. The normalized spacial score (nSPS) is 13.1. The van der Waals surface area contributed by atoms with Crippen molar-refractivity contribution in [2.45, 2.75) is 38.9 Å². The molecule has 3 aromatic rings. The van der Waals surface area contributed by atoms with Gasteiger partial charge in [0, 0.05) is 37.1 Å². The molecule has 0 aliphatic heterocycles. The molecule has 1 aliphatic rings. The lowest BCUT2D eigenvalue weighted by atomic mass is 10.1. The lowest BCUT2D eigenvalue weighted by Gasteiger charge is -2.13. The maximum Gasteiger partial charge on any atom is 0.297 e. The molecule has 1 fully saturated rings. The maximum atomic E-state index is 13.0. The van der Waals surface area contributed by atoms with Crippen molar-refractivity contribution in [3.63, 3.8) is 0 Å². The molecule has 30 heavy (non-hydrogen) atoms. The number of anilines is 1. The van der Waals surface area contributed by atoms with Crippen molar-refractivity contribution >= 4 is 11.7 Å². The third kappa shape index (κ3) is 4.41. The van der Waals surface area contributed by atoms with Gasteiger partial charge in [0.15, 0.2) is 5.82 Å². The second kappa shape index (κ2) is 8.51. The van der Waals surface area contributed by atoms with Crippen molar-refractivity contribution in [1.29, 1.82) is 0 Å². The maximum absolute atomic E-state index is 13.0. The van der Waals surface area contributed by atoms with Crippen LogP contribution in [0.4, 0.5) is 5.82 Å². The summed E-state index contributed by atoms with van der Waals surface area (Å²) in [6, 6.07) is 13.6. The van der Waals surface area contributed by atoms with Gasteiger partial charge in [0.2, 0.25) is 0 Å². The predicted octanol–water partition coefficient (Wildman–Crippen LogP) is 2.50. The molecule has 0 atom stereocenters. The van der Waals surface area contributed by atoms with Crippen LogP contribution < -0.4 is 21.9 Å². The zero-order valence-corrected chi connectivity index (χ0v) is 16.9. The van der Waals surface area contributed by atoms with Gasteiger partial charge in [-0.1, -0.05) is 30.3 Å². The quantitative estimate of drug-likeness (QED) is 0.563. The summed E-state index contributed by atoms with van der Waals surface area (Å²) >= 11 is 0. The number of nitrogens with zero attached hydrogens (tertiary/aromatic N) is 2. The Morgan fingerprint density at radius 2 is 1.90 bits per heavy atom. The van der Waals surface area contributed by atoms with E-state index in [1.54, 1.807) is 24.5 Å². The molecule has 4 N–H and O–H groups in total. The van der Waals surface area contributed by atoms with Crippen molar-refractivity contribution in [3.8, 4) is 5.69 Å². The Morgan fingerprint density at radius 3 is 2.60 bits per heavy atom. The number of aryl methyl sites for hydroxylation is 1. The zero-order chi connectivity index (χ0) is 21.1. The first kappa shape index (κ1) is 19.8. The van der Waals surface area contributed by atoms with Gasteiger partial charge >= 0.3 is 0 Å². The molecule has 7 nitrogen and oxygen atoms in total. The standard InChI is InChI=1S/C23H25N5O2/c1-15-2-7-18(22(29)27-19-8-9-19)12-20(15)28-11-10-25-21(23(28)30)26-14-17-5-3-16(13-24)4-6-17/h2-7,10-12,19H,8-9,13-14,24H2,1H3,(H,25,26)(H,27,29). The molecule has 0 saturated heterocycles. The predicted molar refractivity (Wildman–Crippen MR) is 117 cm³/mol. The first-order valence-corrected chi connectivity index (χ1v) is 10.1. The number of carbonyl (C=O) groups excluding carboxylic acids is 1. The van der Waals surface area contributed by atoms with Gasteiger partial charge in [0.05, 0.1) is 5.69 Å². The van der Waals surface area contributed by atoms with Crippen LogP contribution in [0.5, 0.6) is 0 Å². The average molecular weight is 403 g/mol. The van der Waals surface area contributed by atoms with E-state index in [2.05, 4.69) is 15.6 Å². The van der Waals surface area contributed by atoms with Crippen LogP contribution in [0.25, 0.3) is 5.69 Å². The van der Waals surface area contributed by atoms with Crippen molar-refractivity contribution in [3.05, 3.63) is 87.5 Å². The molecule has 0 spiro atoms. The van der Waals surface area contributed by atoms with E-state index in [1.807, 2.05) is 37.3 Å². The minimum atomic E-state index is -0.265. The van der Waals surface area contributed by atoms with Crippen LogP contribution >= 0.6 is 0 Å². The molecule has 1 heterocycles. The Hall–Kier alpha value is -3.45. The molecular formula is C23H25N5O2. The van der Waals surface area contributed by atoms with Crippen molar-refractivity contribution in [2.75, 3.05) is 5.32 Å². The number of benzene rings is 2. The highest BCUT2D eigenvalue weighted by Crippen LogP contribution is 2.21. The fraction of sp³-hybridized carbons (Fsp3) is 0.261. The Labute approximate surface area is 175 Å². The topological polar surface area (TPSA) is 102 Å². The van der Waals surface area contributed by atoms with Crippen LogP contribution in [0.3, 0.4) is 0 Å². The van der Waals surface area contributed by atoms with Gasteiger partial charge in [-0.05, 0) is 48.6 Å². The monoisotopic (exact) mass is 403 g/mol. The van der Waals surface area contributed by atoms with Crippen LogP contribution in [-0.4, -0.2) is 21.5 Å². The van der Waals surface area contributed by atoms with Crippen molar-refractivity contribution < 1.29 is 4.79 Å². The van der Waals surface area contributed by atoms with Crippen LogP contribution in [-0.2, 0) is 13.1 Å². The minimum absolute atomic E-state index is 0.111. The number of nitrogens with one attached hydrogen (secondary N) is 2. The highest BCUT2D eigenvalue weighted by atomic mass is 16.2.